The van der Waals surface area contributed by atoms with Gasteiger partial charge in [0.05, 0.1) is 18.2 Å². The Morgan fingerprint density at radius 2 is 2.17 bits per heavy atom. The lowest BCUT2D eigenvalue weighted by Gasteiger charge is -2.18. The molecule has 1 aromatic carbocycles. The molecule has 2 atom stereocenters. The van der Waals surface area contributed by atoms with Gasteiger partial charge < -0.3 is 15.6 Å². The van der Waals surface area contributed by atoms with Crippen LogP contribution in [0.2, 0.25) is 0 Å². The highest BCUT2D eigenvalue weighted by molar-refractivity contribution is 5.76. The maximum absolute atomic E-state index is 13.7. The Bertz CT molecular complexity index is 451. The van der Waals surface area contributed by atoms with Crippen molar-refractivity contribution in [3.8, 4) is 5.75 Å². The summed E-state index contributed by atoms with van der Waals surface area (Å²) >= 11 is 0. The van der Waals surface area contributed by atoms with E-state index in [-0.39, 0.29) is 6.61 Å². The zero-order valence-corrected chi connectivity index (χ0v) is 10.1. The van der Waals surface area contributed by atoms with Crippen molar-refractivity contribution in [1.82, 2.24) is 0 Å². The van der Waals surface area contributed by atoms with Crippen LogP contribution in [0, 0.1) is 12.7 Å². The molecule has 0 aliphatic rings. The van der Waals surface area contributed by atoms with Gasteiger partial charge in [-0.15, -0.1) is 0 Å². The summed E-state index contributed by atoms with van der Waals surface area (Å²) in [6.45, 7) is 3.03. The van der Waals surface area contributed by atoms with Gasteiger partial charge in [0.25, 0.3) is 0 Å². The second-order valence-electron chi connectivity index (χ2n) is 3.81. The van der Waals surface area contributed by atoms with Crippen LogP contribution in [0.4, 0.5) is 8.78 Å². The number of aryl methyl sites for hydroxylation is 1. The molecule has 0 aliphatic heterocycles. The molecule has 0 saturated carbocycles. The fourth-order valence-corrected chi connectivity index (χ4v) is 1.52. The first-order chi connectivity index (χ1) is 8.40. The number of halogens is 2. The van der Waals surface area contributed by atoms with E-state index in [1.54, 1.807) is 0 Å². The molecule has 1 rings (SSSR count). The van der Waals surface area contributed by atoms with E-state index in [4.69, 9.17) is 5.73 Å². The standard InChI is InChI=1S/C12H15F2NO3/c1-3-18-12(17)9(14)10(15)8-7(13)5-4-6(2)11(8)16/h4-5,9-10,16H,3,15H2,1-2H3/t9?,10-/m1/s1. The molecule has 0 aliphatic carbocycles. The van der Waals surface area contributed by atoms with Crippen LogP contribution in [0.25, 0.3) is 0 Å². The Kier molecular flexibility index (Phi) is 4.61. The maximum atomic E-state index is 13.7. The Morgan fingerprint density at radius 3 is 2.72 bits per heavy atom. The number of phenols is 1. The molecule has 18 heavy (non-hydrogen) atoms. The zero-order valence-electron chi connectivity index (χ0n) is 10.1. The van der Waals surface area contributed by atoms with Gasteiger partial charge in [-0.25, -0.2) is 13.6 Å². The highest BCUT2D eigenvalue weighted by Gasteiger charge is 2.32. The van der Waals surface area contributed by atoms with Gasteiger partial charge in [-0.1, -0.05) is 6.07 Å². The minimum atomic E-state index is -2.23. The highest BCUT2D eigenvalue weighted by Crippen LogP contribution is 2.31. The van der Waals surface area contributed by atoms with Crippen molar-refractivity contribution >= 4 is 5.97 Å². The lowest BCUT2D eigenvalue weighted by atomic mass is 9.99. The first kappa shape index (κ1) is 14.4. The molecule has 6 heteroatoms. The zero-order chi connectivity index (χ0) is 13.9. The Morgan fingerprint density at radius 1 is 1.56 bits per heavy atom. The van der Waals surface area contributed by atoms with Gasteiger partial charge in [0.1, 0.15) is 11.6 Å². The van der Waals surface area contributed by atoms with Crippen molar-refractivity contribution in [2.24, 2.45) is 5.73 Å². The summed E-state index contributed by atoms with van der Waals surface area (Å²) in [5.74, 6) is -2.49. The largest absolute Gasteiger partial charge is 0.507 e. The number of alkyl halides is 1. The summed E-state index contributed by atoms with van der Waals surface area (Å²) in [5.41, 5.74) is 5.39. The number of phenolic OH excluding ortho intramolecular Hbond substituents is 1. The maximum Gasteiger partial charge on any atom is 0.342 e. The van der Waals surface area contributed by atoms with Gasteiger partial charge in [-0.05, 0) is 25.5 Å². The van der Waals surface area contributed by atoms with Gasteiger partial charge in [-0.2, -0.15) is 0 Å². The van der Waals surface area contributed by atoms with Crippen LogP contribution in [-0.2, 0) is 9.53 Å². The molecule has 0 saturated heterocycles. The average Bonchev–Trinajstić information content (AvgIpc) is 2.33. The quantitative estimate of drug-likeness (QED) is 0.808. The minimum absolute atomic E-state index is 0.00570. The van der Waals surface area contributed by atoms with Crippen LogP contribution in [0.1, 0.15) is 24.1 Å². The summed E-state index contributed by atoms with van der Waals surface area (Å²) in [4.78, 5) is 11.2. The van der Waals surface area contributed by atoms with Crippen molar-refractivity contribution in [2.45, 2.75) is 26.1 Å². The molecule has 0 amide bonds. The van der Waals surface area contributed by atoms with Crippen LogP contribution >= 0.6 is 0 Å². The number of aromatic hydroxyl groups is 1. The predicted molar refractivity (Wildman–Crippen MR) is 61.3 cm³/mol. The second kappa shape index (κ2) is 5.77. The third-order valence-electron chi connectivity index (χ3n) is 2.53. The first-order valence-electron chi connectivity index (χ1n) is 5.44. The van der Waals surface area contributed by atoms with E-state index in [1.807, 2.05) is 0 Å². The van der Waals surface area contributed by atoms with Crippen LogP contribution < -0.4 is 5.73 Å². The monoisotopic (exact) mass is 259 g/mol. The van der Waals surface area contributed by atoms with E-state index in [1.165, 1.54) is 19.9 Å². The SMILES string of the molecule is CCOC(=O)C(F)[C@H](N)c1c(F)ccc(C)c1O. The summed E-state index contributed by atoms with van der Waals surface area (Å²) in [6, 6.07) is 0.782. The third kappa shape index (κ3) is 2.76. The predicted octanol–water partition coefficient (Wildman–Crippen LogP) is 1.74. The van der Waals surface area contributed by atoms with Crippen LogP contribution in [0.15, 0.2) is 12.1 Å². The van der Waals surface area contributed by atoms with E-state index in [2.05, 4.69) is 4.74 Å². The summed E-state index contributed by atoms with van der Waals surface area (Å²) in [7, 11) is 0. The number of esters is 1. The Balaban J connectivity index is 3.07. The van der Waals surface area contributed by atoms with Gasteiger partial charge in [0, 0.05) is 0 Å². The molecule has 0 heterocycles. The van der Waals surface area contributed by atoms with Gasteiger partial charge in [-0.3, -0.25) is 0 Å². The van der Waals surface area contributed by atoms with Gasteiger partial charge in [0.15, 0.2) is 0 Å². The van der Waals surface area contributed by atoms with Crippen molar-refractivity contribution in [1.29, 1.82) is 0 Å². The number of benzene rings is 1. The molecule has 1 aromatic rings. The van der Waals surface area contributed by atoms with Crippen molar-refractivity contribution in [3.63, 3.8) is 0 Å². The number of ether oxygens (including phenoxy) is 1. The molecule has 1 unspecified atom stereocenters. The molecule has 0 radical (unpaired) electrons. The van der Waals surface area contributed by atoms with E-state index in [9.17, 15) is 18.7 Å². The van der Waals surface area contributed by atoms with Gasteiger partial charge in [0.2, 0.25) is 6.17 Å². The van der Waals surface area contributed by atoms with E-state index >= 15 is 0 Å². The molecular formula is C12H15F2NO3. The Hall–Kier alpha value is -1.69. The molecule has 0 fully saturated rings. The first-order valence-corrected chi connectivity index (χ1v) is 5.44. The fraction of sp³-hybridized carbons (Fsp3) is 0.417. The summed E-state index contributed by atoms with van der Waals surface area (Å²) in [5, 5.41) is 9.67. The van der Waals surface area contributed by atoms with Gasteiger partial charge >= 0.3 is 5.97 Å². The molecular weight excluding hydrogens is 244 g/mol. The summed E-state index contributed by atoms with van der Waals surface area (Å²) < 4.78 is 31.7. The normalized spacial score (nSPS) is 14.1. The molecule has 0 aromatic heterocycles. The van der Waals surface area contributed by atoms with E-state index < -0.39 is 35.3 Å². The number of nitrogens with two attached hydrogens (primary N) is 1. The number of carbonyl (C=O) groups is 1. The lowest BCUT2D eigenvalue weighted by molar-refractivity contribution is -0.150. The van der Waals surface area contributed by atoms with E-state index in [0.29, 0.717) is 5.56 Å². The van der Waals surface area contributed by atoms with Crippen LogP contribution in [-0.4, -0.2) is 23.9 Å². The minimum Gasteiger partial charge on any atom is -0.507 e. The van der Waals surface area contributed by atoms with Crippen molar-refractivity contribution in [2.75, 3.05) is 6.61 Å². The fourth-order valence-electron chi connectivity index (χ4n) is 1.52. The molecule has 0 spiro atoms. The van der Waals surface area contributed by atoms with Crippen LogP contribution in [0.3, 0.4) is 0 Å². The molecule has 3 N–H and O–H groups in total. The third-order valence-corrected chi connectivity index (χ3v) is 2.53. The summed E-state index contributed by atoms with van der Waals surface area (Å²) in [6.07, 6.45) is -2.23. The second-order valence-corrected chi connectivity index (χ2v) is 3.81. The number of carbonyl (C=O) groups excluding carboxylic acids is 1. The van der Waals surface area contributed by atoms with Crippen LogP contribution in [0.5, 0.6) is 5.75 Å². The number of hydrogen-bond donors (Lipinski definition) is 2. The molecule has 100 valence electrons. The number of rotatable bonds is 4. The number of hydrogen-bond acceptors (Lipinski definition) is 4. The van der Waals surface area contributed by atoms with E-state index in [0.717, 1.165) is 6.07 Å². The Labute approximate surface area is 103 Å². The molecule has 4 nitrogen and oxygen atoms in total. The lowest BCUT2D eigenvalue weighted by Crippen LogP contribution is -2.32. The highest BCUT2D eigenvalue weighted by atomic mass is 19.1. The average molecular weight is 259 g/mol. The molecule has 0 bridgehead atoms. The smallest absolute Gasteiger partial charge is 0.342 e. The van der Waals surface area contributed by atoms with Crippen molar-refractivity contribution in [3.05, 3.63) is 29.1 Å². The topological polar surface area (TPSA) is 72.5 Å². The van der Waals surface area contributed by atoms with Crippen molar-refractivity contribution < 1.29 is 23.4 Å².